The van der Waals surface area contributed by atoms with Crippen molar-refractivity contribution in [3.8, 4) is 11.4 Å². The Hall–Kier alpha value is -2.82. The largest absolute Gasteiger partial charge is 0.471 e. The minimum atomic E-state index is -4.69. The topological polar surface area (TPSA) is 88.3 Å². The minimum absolute atomic E-state index is 0.162. The van der Waals surface area contributed by atoms with Crippen LogP contribution in [0.3, 0.4) is 0 Å². The van der Waals surface area contributed by atoms with Gasteiger partial charge in [0.15, 0.2) is 0 Å². The number of anilines is 2. The number of benzene rings is 1. The summed E-state index contributed by atoms with van der Waals surface area (Å²) in [5.74, 6) is 0.254. The Balaban J connectivity index is 1.44. The first-order valence-electron chi connectivity index (χ1n) is 8.74. The van der Waals surface area contributed by atoms with E-state index < -0.39 is 22.9 Å². The first-order chi connectivity index (χ1) is 13.8. The van der Waals surface area contributed by atoms with Crippen molar-refractivity contribution < 1.29 is 17.7 Å². The van der Waals surface area contributed by atoms with Crippen LogP contribution in [0.2, 0.25) is 0 Å². The van der Waals surface area contributed by atoms with Crippen molar-refractivity contribution in [3.63, 3.8) is 0 Å². The molecule has 0 aliphatic carbocycles. The normalized spacial score (nSPS) is 15.1. The van der Waals surface area contributed by atoms with Gasteiger partial charge in [-0.15, -0.1) is 0 Å². The van der Waals surface area contributed by atoms with Crippen LogP contribution >= 0.6 is 11.8 Å². The number of hydrogen-bond donors (Lipinski definition) is 1. The van der Waals surface area contributed by atoms with E-state index in [1.165, 1.54) is 0 Å². The summed E-state index contributed by atoms with van der Waals surface area (Å²) in [6.45, 7) is 1.74. The summed E-state index contributed by atoms with van der Waals surface area (Å²) in [6, 6.07) is 6.48. The Morgan fingerprint density at radius 2 is 1.79 bits per heavy atom. The molecule has 1 aliphatic heterocycles. The van der Waals surface area contributed by atoms with Gasteiger partial charge in [0.2, 0.25) is 5.82 Å². The molecule has 0 saturated carbocycles. The maximum absolute atomic E-state index is 12.6. The second-order valence-electron chi connectivity index (χ2n) is 6.45. The maximum atomic E-state index is 12.6. The molecule has 2 aromatic carbocycles. The lowest BCUT2D eigenvalue weighted by Crippen LogP contribution is -2.45. The quantitative estimate of drug-likeness (QED) is 0.625. The highest BCUT2D eigenvalue weighted by molar-refractivity contribution is 7.99. The molecule has 29 heavy (non-hydrogen) atoms. The van der Waals surface area contributed by atoms with Gasteiger partial charge in [-0.2, -0.15) is 29.9 Å². The third-order valence-corrected chi connectivity index (χ3v) is 5.50. The van der Waals surface area contributed by atoms with E-state index in [2.05, 4.69) is 20.0 Å². The zero-order valence-corrected chi connectivity index (χ0v) is 15.8. The van der Waals surface area contributed by atoms with Crippen LogP contribution in [0.5, 0.6) is 0 Å². The fourth-order valence-corrected chi connectivity index (χ4v) is 3.95. The van der Waals surface area contributed by atoms with Gasteiger partial charge in [-0.05, 0) is 5.56 Å². The molecule has 0 radical (unpaired) electrons. The first kappa shape index (κ1) is 19.5. The van der Waals surface area contributed by atoms with Gasteiger partial charge < -0.3 is 14.7 Å². The molecule has 3 aromatic rings. The maximum Gasteiger partial charge on any atom is 0.471 e. The number of hydrogen-bond acceptors (Lipinski definition) is 8. The molecular formula is C18H15F3N4O3S. The number of aromatic nitrogens is 2. The fourth-order valence-electron chi connectivity index (χ4n) is 3.05. The van der Waals surface area contributed by atoms with Crippen LogP contribution in [0.15, 0.2) is 38.4 Å². The van der Waals surface area contributed by atoms with Gasteiger partial charge >= 0.3 is 12.1 Å². The van der Waals surface area contributed by atoms with Crippen molar-refractivity contribution in [2.24, 2.45) is 0 Å². The Kier molecular flexibility index (Phi) is 5.07. The monoisotopic (exact) mass is 424 g/mol. The van der Waals surface area contributed by atoms with Gasteiger partial charge in [0.25, 0.3) is 10.9 Å². The van der Waals surface area contributed by atoms with Crippen LogP contribution in [0.1, 0.15) is 11.5 Å². The molecule has 1 N–H and O–H groups in total. The van der Waals surface area contributed by atoms with Gasteiger partial charge in [0.1, 0.15) is 11.4 Å². The highest BCUT2D eigenvalue weighted by Crippen LogP contribution is 2.29. The van der Waals surface area contributed by atoms with Crippen LogP contribution < -0.4 is 21.1 Å². The van der Waals surface area contributed by atoms with Gasteiger partial charge in [-0.25, -0.2) is 0 Å². The van der Waals surface area contributed by atoms with E-state index in [4.69, 9.17) is 0 Å². The molecule has 0 atom stereocenters. The molecule has 0 unspecified atom stereocenters. The molecule has 1 saturated heterocycles. The van der Waals surface area contributed by atoms with Crippen molar-refractivity contribution in [2.45, 2.75) is 12.7 Å². The van der Waals surface area contributed by atoms with Gasteiger partial charge in [-0.1, -0.05) is 29.4 Å². The molecule has 1 aliphatic rings. The average molecular weight is 424 g/mol. The molecule has 1 fully saturated rings. The second kappa shape index (κ2) is 7.54. The molecule has 152 valence electrons. The van der Waals surface area contributed by atoms with Crippen LogP contribution in [-0.4, -0.2) is 34.7 Å². The molecule has 11 heteroatoms. The average Bonchev–Trinajstić information content (AvgIpc) is 3.22. The van der Waals surface area contributed by atoms with Crippen molar-refractivity contribution in [3.05, 3.63) is 56.2 Å². The molecule has 2 heterocycles. The lowest BCUT2D eigenvalue weighted by Gasteiger charge is -2.30. The molecular weight excluding hydrogens is 409 g/mol. The summed E-state index contributed by atoms with van der Waals surface area (Å²) >= 11 is 1.81. The van der Waals surface area contributed by atoms with E-state index in [1.807, 2.05) is 4.90 Å². The Labute approximate surface area is 166 Å². The van der Waals surface area contributed by atoms with E-state index in [-0.39, 0.29) is 5.82 Å². The van der Waals surface area contributed by atoms with Crippen molar-refractivity contribution in [1.82, 2.24) is 10.1 Å². The molecule has 0 amide bonds. The zero-order chi connectivity index (χ0) is 20.6. The summed E-state index contributed by atoms with van der Waals surface area (Å²) in [6.07, 6.45) is -4.69. The van der Waals surface area contributed by atoms with Gasteiger partial charge in [0, 0.05) is 36.7 Å². The zero-order valence-electron chi connectivity index (χ0n) is 15.0. The number of thioether (sulfide) groups is 1. The molecule has 0 bridgehead atoms. The Morgan fingerprint density at radius 1 is 1.10 bits per heavy atom. The summed E-state index contributed by atoms with van der Waals surface area (Å²) in [5.41, 5.74) is 0.918. The minimum Gasteiger partial charge on any atom is -0.376 e. The molecule has 7 nitrogen and oxygen atoms in total. The van der Waals surface area contributed by atoms with Gasteiger partial charge in [-0.3, -0.25) is 9.59 Å². The molecule has 0 spiro atoms. The highest BCUT2D eigenvalue weighted by Gasteiger charge is 2.38. The Bertz CT molecular complexity index is 1080. The van der Waals surface area contributed by atoms with E-state index in [0.29, 0.717) is 23.5 Å². The number of nitrogens with one attached hydrogen (secondary N) is 1. The van der Waals surface area contributed by atoms with Crippen molar-refractivity contribution >= 4 is 23.1 Å². The van der Waals surface area contributed by atoms with Crippen LogP contribution in [-0.2, 0) is 12.7 Å². The Morgan fingerprint density at radius 3 is 2.41 bits per heavy atom. The van der Waals surface area contributed by atoms with E-state index >= 15 is 0 Å². The smallest absolute Gasteiger partial charge is 0.376 e. The van der Waals surface area contributed by atoms with E-state index in [0.717, 1.165) is 30.2 Å². The lowest BCUT2D eigenvalue weighted by molar-refractivity contribution is -0.159. The summed E-state index contributed by atoms with van der Waals surface area (Å²) in [7, 11) is 0. The number of rotatable bonds is 5. The number of halogens is 3. The predicted molar refractivity (Wildman–Crippen MR) is 103 cm³/mol. The molecule has 4 rings (SSSR count). The van der Waals surface area contributed by atoms with E-state index in [9.17, 15) is 22.8 Å². The highest BCUT2D eigenvalue weighted by atomic mass is 32.2. The summed E-state index contributed by atoms with van der Waals surface area (Å²) in [4.78, 5) is 29.2. The predicted octanol–water partition coefficient (Wildman–Crippen LogP) is 2.52. The summed E-state index contributed by atoms with van der Waals surface area (Å²) < 4.78 is 41.9. The standard InChI is InChI=1S/C18H15F3N4O3S/c19-18(20,21)17-23-16(24-28-17)11-3-1-10(2-4-11)9-22-12-13(15(27)14(12)26)25-5-7-29-8-6-25/h1-4,22H,5-9H2. The third kappa shape index (κ3) is 3.86. The van der Waals surface area contributed by atoms with Crippen LogP contribution in [0.4, 0.5) is 24.5 Å². The second-order valence-corrected chi connectivity index (χ2v) is 7.68. The van der Waals surface area contributed by atoms with Crippen molar-refractivity contribution in [1.29, 1.82) is 0 Å². The van der Waals surface area contributed by atoms with Crippen molar-refractivity contribution in [2.75, 3.05) is 34.8 Å². The summed E-state index contributed by atoms with van der Waals surface area (Å²) in [5, 5.41) is 6.35. The van der Waals surface area contributed by atoms with Crippen LogP contribution in [0.25, 0.3) is 11.4 Å². The fraction of sp³-hybridized carbons (Fsp3) is 0.333. The lowest BCUT2D eigenvalue weighted by atomic mass is 10.1. The SMILES string of the molecule is O=c1c(NCc2ccc(-c3noc(C(F)(F)F)n3)cc2)c(N2CCSCC2)c1=O. The third-order valence-electron chi connectivity index (χ3n) is 4.56. The number of alkyl halides is 3. The van der Waals surface area contributed by atoms with Gasteiger partial charge in [0.05, 0.1) is 0 Å². The molecule has 1 aromatic heterocycles. The number of nitrogens with zero attached hydrogens (tertiary/aromatic N) is 3. The first-order valence-corrected chi connectivity index (χ1v) is 9.90. The van der Waals surface area contributed by atoms with Crippen LogP contribution in [0, 0.1) is 0 Å². The van der Waals surface area contributed by atoms with E-state index in [1.54, 1.807) is 36.0 Å².